The zero-order valence-electron chi connectivity index (χ0n) is 13.6. The Labute approximate surface area is 157 Å². The Morgan fingerprint density at radius 1 is 0.692 bits per heavy atom. The molecule has 140 valence electrons. The van der Waals surface area contributed by atoms with E-state index < -0.39 is 10.2 Å². The first kappa shape index (κ1) is 25.2. The van der Waals surface area contributed by atoms with Gasteiger partial charge in [0.1, 0.15) is 0 Å². The molecule has 1 aromatic carbocycles. The minimum absolute atomic E-state index is 0. The topological polar surface area (TPSA) is 191 Å². The van der Waals surface area contributed by atoms with Gasteiger partial charge in [0.2, 0.25) is 0 Å². The molecule has 3 aromatic rings. The SMILES string of the molecule is Cc1ccc2ccc3ccc(C)nc3c2n1.O=[N+]([O-])[O-].O=[N+]([O-])[O-].[Fe+2].[OH3+]. The van der Waals surface area contributed by atoms with E-state index in [2.05, 4.69) is 34.2 Å². The first-order valence-corrected chi connectivity index (χ1v) is 6.47. The van der Waals surface area contributed by atoms with E-state index in [0.717, 1.165) is 33.2 Å². The Morgan fingerprint density at radius 2 is 0.923 bits per heavy atom. The quantitative estimate of drug-likeness (QED) is 0.177. The third-order valence-electron chi connectivity index (χ3n) is 2.80. The summed E-state index contributed by atoms with van der Waals surface area (Å²) in [5, 5.41) is 31.8. The van der Waals surface area contributed by atoms with E-state index in [9.17, 15) is 0 Å². The van der Waals surface area contributed by atoms with Gasteiger partial charge < -0.3 is 36.1 Å². The number of nitrogens with zero attached hydrogens (tertiary/aromatic N) is 4. The molecule has 0 aliphatic rings. The Kier molecular flexibility index (Phi) is 11.1. The number of pyridine rings is 2. The molecule has 3 N–H and O–H groups in total. The number of benzene rings is 1. The van der Waals surface area contributed by atoms with Crippen molar-refractivity contribution in [2.75, 3.05) is 0 Å². The number of aromatic nitrogens is 2. The van der Waals surface area contributed by atoms with E-state index in [-0.39, 0.29) is 22.5 Å². The van der Waals surface area contributed by atoms with E-state index in [1.54, 1.807) is 0 Å². The summed E-state index contributed by atoms with van der Waals surface area (Å²) >= 11 is 0. The van der Waals surface area contributed by atoms with Gasteiger partial charge in [-0.2, -0.15) is 0 Å². The van der Waals surface area contributed by atoms with E-state index in [1.807, 2.05) is 26.0 Å². The maximum absolute atomic E-state index is 8.25. The van der Waals surface area contributed by atoms with Crippen molar-refractivity contribution in [1.82, 2.24) is 9.97 Å². The van der Waals surface area contributed by atoms with Gasteiger partial charge in [0.05, 0.1) is 21.2 Å². The minimum Gasteiger partial charge on any atom is -0.457 e. The van der Waals surface area contributed by atoms with Gasteiger partial charge in [0.25, 0.3) is 0 Å². The van der Waals surface area contributed by atoms with Gasteiger partial charge in [0.15, 0.2) is 0 Å². The Hall–Kier alpha value is -3.08. The molecule has 0 unspecified atom stereocenters. The van der Waals surface area contributed by atoms with Crippen LogP contribution in [0, 0.1) is 44.5 Å². The molecule has 12 heteroatoms. The van der Waals surface area contributed by atoms with Crippen molar-refractivity contribution in [3.05, 3.63) is 78.4 Å². The summed E-state index contributed by atoms with van der Waals surface area (Å²) in [4.78, 5) is 25.7. The molecule has 0 atom stereocenters. The van der Waals surface area contributed by atoms with Crippen LogP contribution >= 0.6 is 0 Å². The third kappa shape index (κ3) is 8.15. The summed E-state index contributed by atoms with van der Waals surface area (Å²) in [5.74, 6) is 0. The second-order valence-electron chi connectivity index (χ2n) is 4.56. The third-order valence-corrected chi connectivity index (χ3v) is 2.80. The van der Waals surface area contributed by atoms with Crippen LogP contribution in [0.25, 0.3) is 21.8 Å². The van der Waals surface area contributed by atoms with E-state index in [1.165, 1.54) is 0 Å². The van der Waals surface area contributed by atoms with Crippen molar-refractivity contribution >= 4 is 21.8 Å². The second-order valence-corrected chi connectivity index (χ2v) is 4.56. The van der Waals surface area contributed by atoms with Crippen LogP contribution in [0.4, 0.5) is 0 Å². The van der Waals surface area contributed by atoms with Crippen molar-refractivity contribution in [3.63, 3.8) is 0 Å². The van der Waals surface area contributed by atoms with Crippen molar-refractivity contribution in [2.24, 2.45) is 0 Å². The van der Waals surface area contributed by atoms with Crippen molar-refractivity contribution < 1.29 is 32.7 Å². The average Bonchev–Trinajstić information content (AvgIpc) is 2.46. The summed E-state index contributed by atoms with van der Waals surface area (Å²) in [6, 6.07) is 12.5. The predicted molar refractivity (Wildman–Crippen MR) is 92.1 cm³/mol. The number of hydrogen-bond donors (Lipinski definition) is 0. The summed E-state index contributed by atoms with van der Waals surface area (Å²) in [7, 11) is 0. The Bertz CT molecular complexity index is 811. The van der Waals surface area contributed by atoms with Gasteiger partial charge in [-0.1, -0.05) is 24.3 Å². The molecule has 26 heavy (non-hydrogen) atoms. The van der Waals surface area contributed by atoms with E-state index in [0.29, 0.717) is 0 Å². The molecule has 2 heterocycles. The van der Waals surface area contributed by atoms with Crippen molar-refractivity contribution in [3.8, 4) is 0 Å². The monoisotopic (exact) mass is 407 g/mol. The molecule has 0 amide bonds. The molecule has 11 nitrogen and oxygen atoms in total. The number of hydrogen-bond acceptors (Lipinski definition) is 8. The molecule has 0 aliphatic carbocycles. The van der Waals surface area contributed by atoms with Gasteiger partial charge in [-0.15, -0.1) is 0 Å². The molecule has 0 bridgehead atoms. The number of aryl methyl sites for hydroxylation is 2. The molecule has 0 fully saturated rings. The predicted octanol–water partition coefficient (Wildman–Crippen LogP) is 2.00. The normalized spacial score (nSPS) is 8.69. The fraction of sp³-hybridized carbons (Fsp3) is 0.143. The van der Waals surface area contributed by atoms with E-state index in [4.69, 9.17) is 30.6 Å². The molecule has 0 radical (unpaired) electrons. The van der Waals surface area contributed by atoms with Crippen LogP contribution in [-0.4, -0.2) is 20.1 Å². The van der Waals surface area contributed by atoms with Gasteiger partial charge in [0, 0.05) is 22.2 Å². The van der Waals surface area contributed by atoms with Gasteiger partial charge >= 0.3 is 17.1 Å². The molecular weight excluding hydrogens is 392 g/mol. The zero-order valence-corrected chi connectivity index (χ0v) is 14.7. The molecule has 0 aliphatic heterocycles. The standard InChI is InChI=1S/C14H12N2.Fe.2NO3.H2O/c1-9-3-5-11-7-8-12-6-4-10(2)16-14(12)13(11)15-9;;2*2-1(3)4;/h3-8H,1-2H3;;;;1H2/q;+2;2*-1;/p+1. The first-order valence-electron chi connectivity index (χ1n) is 6.47. The smallest absolute Gasteiger partial charge is 0.457 e. The summed E-state index contributed by atoms with van der Waals surface area (Å²) < 4.78 is 0. The minimum atomic E-state index is -1.75. The fourth-order valence-electron chi connectivity index (χ4n) is 1.96. The van der Waals surface area contributed by atoms with Crippen molar-refractivity contribution in [1.29, 1.82) is 0 Å². The van der Waals surface area contributed by atoms with Gasteiger partial charge in [-0.05, 0) is 26.0 Å². The molecule has 2 aromatic heterocycles. The summed E-state index contributed by atoms with van der Waals surface area (Å²) in [6.07, 6.45) is 0. The van der Waals surface area contributed by atoms with Crippen LogP contribution < -0.4 is 0 Å². The fourth-order valence-corrected chi connectivity index (χ4v) is 1.96. The maximum atomic E-state index is 8.25. The van der Waals surface area contributed by atoms with Crippen molar-refractivity contribution in [2.45, 2.75) is 13.8 Å². The molecule has 0 spiro atoms. The average molecular weight is 407 g/mol. The molecular formula is C14H15FeN4O7+. The van der Waals surface area contributed by atoms with Crippen LogP contribution in [0.2, 0.25) is 0 Å². The van der Waals surface area contributed by atoms with Gasteiger partial charge in [-0.3, -0.25) is 9.97 Å². The molecule has 0 saturated carbocycles. The first-order chi connectivity index (χ1) is 11.2. The summed E-state index contributed by atoms with van der Waals surface area (Å²) in [5.41, 5.74) is 4.06. The maximum Gasteiger partial charge on any atom is 2.00 e. The number of fused-ring (bicyclic) bond motifs is 3. The van der Waals surface area contributed by atoms with Crippen LogP contribution in [-0.2, 0) is 22.5 Å². The summed E-state index contributed by atoms with van der Waals surface area (Å²) in [6.45, 7) is 4.02. The Balaban J connectivity index is 0. The van der Waals surface area contributed by atoms with Crippen LogP contribution in [0.3, 0.4) is 0 Å². The second kappa shape index (κ2) is 11.5. The zero-order chi connectivity index (χ0) is 18.3. The van der Waals surface area contributed by atoms with E-state index >= 15 is 0 Å². The Morgan fingerprint density at radius 3 is 1.19 bits per heavy atom. The molecule has 3 rings (SSSR count). The van der Waals surface area contributed by atoms with Gasteiger partial charge in [-0.25, -0.2) is 0 Å². The molecule has 0 saturated heterocycles. The van der Waals surface area contributed by atoms with Crippen LogP contribution in [0.1, 0.15) is 11.4 Å². The number of rotatable bonds is 0. The van der Waals surface area contributed by atoms with Crippen LogP contribution in [0.15, 0.2) is 36.4 Å². The van der Waals surface area contributed by atoms with Crippen LogP contribution in [0.5, 0.6) is 0 Å². The largest absolute Gasteiger partial charge is 2.00 e.